The number of imidazole rings is 1. The fourth-order valence-corrected chi connectivity index (χ4v) is 4.63. The van der Waals surface area contributed by atoms with Crippen molar-refractivity contribution in [1.29, 1.82) is 0 Å². The Bertz CT molecular complexity index is 1430. The molecule has 43 heavy (non-hydrogen) atoms. The van der Waals surface area contributed by atoms with Crippen LogP contribution in [0.1, 0.15) is 49.9 Å². The van der Waals surface area contributed by atoms with Gasteiger partial charge in [-0.2, -0.15) is 0 Å². The van der Waals surface area contributed by atoms with E-state index in [1.807, 2.05) is 6.92 Å². The number of hydrogen-bond acceptors (Lipinski definition) is 7. The molecular weight excluding hydrogens is 576 g/mol. The number of rotatable bonds is 14. The number of aromatic nitrogens is 2. The smallest absolute Gasteiger partial charge is 0.411 e. The fraction of sp³-hybridized carbons (Fsp3) is 0.367. The molecule has 1 heterocycles. The summed E-state index contributed by atoms with van der Waals surface area (Å²) in [5.41, 5.74) is 3.43. The van der Waals surface area contributed by atoms with Gasteiger partial charge in [-0.15, -0.1) is 0 Å². The molecule has 0 fully saturated rings. The lowest BCUT2D eigenvalue weighted by atomic mass is 9.99. The van der Waals surface area contributed by atoms with Gasteiger partial charge in [-0.25, -0.2) is 14.6 Å². The Balaban J connectivity index is 1.70. The molecule has 0 spiro atoms. The number of unbranched alkanes of at least 4 members (excludes halogenated alkanes) is 2. The Labute approximate surface area is 255 Å². The molecule has 0 aliphatic heterocycles. The van der Waals surface area contributed by atoms with E-state index in [2.05, 4.69) is 37.6 Å². The maximum Gasteiger partial charge on any atom is 0.411 e. The van der Waals surface area contributed by atoms with Crippen LogP contribution < -0.4 is 16.0 Å². The van der Waals surface area contributed by atoms with Crippen molar-refractivity contribution in [1.82, 2.24) is 14.9 Å². The lowest BCUT2D eigenvalue weighted by Crippen LogP contribution is -2.35. The molecule has 1 unspecified atom stereocenters. The predicted molar refractivity (Wildman–Crippen MR) is 165 cm³/mol. The third-order valence-electron chi connectivity index (χ3n) is 6.74. The second kappa shape index (κ2) is 16.2. The molecule has 0 aliphatic rings. The van der Waals surface area contributed by atoms with Crippen molar-refractivity contribution in [3.05, 3.63) is 59.0 Å². The van der Waals surface area contributed by atoms with E-state index >= 15 is 0 Å². The van der Waals surface area contributed by atoms with Crippen LogP contribution in [-0.4, -0.2) is 66.7 Å². The third kappa shape index (κ3) is 9.47. The number of aromatic amines is 1. The van der Waals surface area contributed by atoms with Crippen molar-refractivity contribution in [3.63, 3.8) is 0 Å². The number of H-pyrrole nitrogens is 1. The Hall–Kier alpha value is -4.58. The highest BCUT2D eigenvalue weighted by molar-refractivity contribution is 6.30. The number of benzene rings is 2. The number of halogens is 1. The summed E-state index contributed by atoms with van der Waals surface area (Å²) in [5.74, 6) is -0.245. The normalized spacial score (nSPS) is 11.3. The van der Waals surface area contributed by atoms with Crippen LogP contribution in [0.25, 0.3) is 11.3 Å². The zero-order valence-electron chi connectivity index (χ0n) is 24.7. The number of nitrogens with one attached hydrogen (secondary N) is 4. The zero-order chi connectivity index (χ0) is 31.4. The van der Waals surface area contributed by atoms with E-state index in [-0.39, 0.29) is 19.1 Å². The number of ether oxygens (including phenoxy) is 2. The molecule has 1 atom stereocenters. The Morgan fingerprint density at radius 1 is 1.09 bits per heavy atom. The average molecular weight is 613 g/mol. The van der Waals surface area contributed by atoms with Crippen LogP contribution in [0.3, 0.4) is 0 Å². The monoisotopic (exact) mass is 612 g/mol. The number of hydrogen-bond donors (Lipinski definition) is 4. The minimum absolute atomic E-state index is 0.00151. The molecule has 0 saturated heterocycles. The maximum absolute atomic E-state index is 13.6. The summed E-state index contributed by atoms with van der Waals surface area (Å²) < 4.78 is 9.93. The van der Waals surface area contributed by atoms with E-state index < -0.39 is 18.1 Å². The van der Waals surface area contributed by atoms with Gasteiger partial charge in [0.2, 0.25) is 12.3 Å². The molecular formula is C30H37ClN6O6. The van der Waals surface area contributed by atoms with Crippen molar-refractivity contribution >= 4 is 53.2 Å². The van der Waals surface area contributed by atoms with Crippen molar-refractivity contribution in [2.45, 2.75) is 45.4 Å². The molecule has 13 heteroatoms. The Morgan fingerprint density at radius 2 is 1.88 bits per heavy atom. The standard InChI is InChI=1S/C30H37ClN6O6/c1-5-6-7-8-23(28(39)37(3)13-14-43-30(41)36-24-12-9-20(31)15-19(24)2)27-32-17-26(35-27)22-11-10-21(34-29(40)42-4)16-25(22)33-18-38/h9-12,15-18,23H,5-8,13-14H2,1-4H3,(H,32,35)(H,33,38)(H,34,40)(H,36,41). The molecule has 1 aromatic heterocycles. The summed E-state index contributed by atoms with van der Waals surface area (Å²) in [7, 11) is 2.91. The van der Waals surface area contributed by atoms with Crippen LogP contribution in [0, 0.1) is 6.92 Å². The molecule has 230 valence electrons. The van der Waals surface area contributed by atoms with Crippen LogP contribution in [0.15, 0.2) is 42.6 Å². The first-order valence-corrected chi connectivity index (χ1v) is 14.2. The highest BCUT2D eigenvalue weighted by Crippen LogP contribution is 2.32. The van der Waals surface area contributed by atoms with E-state index in [1.165, 1.54) is 12.0 Å². The van der Waals surface area contributed by atoms with Gasteiger partial charge in [0, 0.05) is 29.0 Å². The Morgan fingerprint density at radius 3 is 2.58 bits per heavy atom. The number of anilines is 3. The van der Waals surface area contributed by atoms with Crippen LogP contribution in [-0.2, 0) is 19.1 Å². The fourth-order valence-electron chi connectivity index (χ4n) is 4.40. The summed E-state index contributed by atoms with van der Waals surface area (Å²) in [6.45, 7) is 4.09. The quantitative estimate of drug-likeness (QED) is 0.126. The van der Waals surface area contributed by atoms with Crippen LogP contribution in [0.4, 0.5) is 26.7 Å². The summed E-state index contributed by atoms with van der Waals surface area (Å²) in [4.78, 5) is 58.0. The largest absolute Gasteiger partial charge is 0.453 e. The van der Waals surface area contributed by atoms with E-state index in [1.54, 1.807) is 49.6 Å². The van der Waals surface area contributed by atoms with Gasteiger partial charge >= 0.3 is 12.2 Å². The molecule has 4 N–H and O–H groups in total. The van der Waals surface area contributed by atoms with Gasteiger partial charge in [-0.1, -0.05) is 37.8 Å². The van der Waals surface area contributed by atoms with Gasteiger partial charge < -0.3 is 24.7 Å². The van der Waals surface area contributed by atoms with E-state index in [9.17, 15) is 19.2 Å². The number of likely N-dealkylation sites (N-methyl/N-ethyl adjacent to an activating group) is 1. The molecule has 0 aliphatic carbocycles. The van der Waals surface area contributed by atoms with Crippen LogP contribution in [0.5, 0.6) is 0 Å². The molecule has 12 nitrogen and oxygen atoms in total. The third-order valence-corrected chi connectivity index (χ3v) is 6.97. The van der Waals surface area contributed by atoms with Crippen LogP contribution in [0.2, 0.25) is 5.02 Å². The molecule has 0 saturated carbocycles. The van der Waals surface area contributed by atoms with Crippen molar-refractivity contribution in [2.24, 2.45) is 0 Å². The lowest BCUT2D eigenvalue weighted by molar-refractivity contribution is -0.132. The van der Waals surface area contributed by atoms with Crippen molar-refractivity contribution in [2.75, 3.05) is 43.3 Å². The van der Waals surface area contributed by atoms with Gasteiger partial charge in [-0.05, 0) is 55.3 Å². The summed E-state index contributed by atoms with van der Waals surface area (Å²) in [6, 6.07) is 10.1. The second-order valence-corrected chi connectivity index (χ2v) is 10.3. The second-order valence-electron chi connectivity index (χ2n) is 9.85. The summed E-state index contributed by atoms with van der Waals surface area (Å²) in [6.07, 6.45) is 4.19. The first-order chi connectivity index (χ1) is 20.7. The van der Waals surface area contributed by atoms with Gasteiger partial charge in [0.25, 0.3) is 0 Å². The molecule has 3 rings (SSSR count). The molecule has 0 bridgehead atoms. The van der Waals surface area contributed by atoms with Crippen molar-refractivity contribution < 1.29 is 28.7 Å². The van der Waals surface area contributed by atoms with Crippen LogP contribution >= 0.6 is 11.6 Å². The SMILES string of the molecule is CCCCCC(C(=O)N(C)CCOC(=O)Nc1ccc(Cl)cc1C)c1ncc(-c2ccc(NC(=O)OC)cc2NC=O)[nH]1. The molecule has 3 aromatic rings. The van der Waals surface area contributed by atoms with E-state index in [0.717, 1.165) is 24.8 Å². The predicted octanol–water partition coefficient (Wildman–Crippen LogP) is 6.16. The highest BCUT2D eigenvalue weighted by Gasteiger charge is 2.27. The number of carbonyl (C=O) groups excluding carboxylic acids is 4. The van der Waals surface area contributed by atoms with Gasteiger partial charge in [0.1, 0.15) is 12.4 Å². The van der Waals surface area contributed by atoms with E-state index in [4.69, 9.17) is 16.3 Å². The molecule has 0 radical (unpaired) electrons. The maximum atomic E-state index is 13.6. The number of carbonyl (C=O) groups is 4. The summed E-state index contributed by atoms with van der Waals surface area (Å²) >= 11 is 5.97. The minimum Gasteiger partial charge on any atom is -0.453 e. The molecule has 2 aromatic carbocycles. The van der Waals surface area contributed by atoms with Gasteiger partial charge in [0.15, 0.2) is 0 Å². The van der Waals surface area contributed by atoms with Crippen molar-refractivity contribution in [3.8, 4) is 11.3 Å². The number of amides is 4. The van der Waals surface area contributed by atoms with Gasteiger partial charge in [-0.3, -0.25) is 20.2 Å². The molecule has 4 amide bonds. The number of nitrogens with zero attached hydrogens (tertiary/aromatic N) is 2. The van der Waals surface area contributed by atoms with E-state index in [0.29, 0.717) is 52.0 Å². The first-order valence-electron chi connectivity index (χ1n) is 13.9. The lowest BCUT2D eigenvalue weighted by Gasteiger charge is -2.23. The minimum atomic E-state index is -0.645. The zero-order valence-corrected chi connectivity index (χ0v) is 25.4. The topological polar surface area (TPSA) is 155 Å². The average Bonchev–Trinajstić information content (AvgIpc) is 3.46. The summed E-state index contributed by atoms with van der Waals surface area (Å²) in [5, 5.41) is 8.43. The Kier molecular flexibility index (Phi) is 12.4. The number of methoxy groups -OCH3 is 1. The van der Waals surface area contributed by atoms with Gasteiger partial charge in [0.05, 0.1) is 37.2 Å². The number of aryl methyl sites for hydroxylation is 1. The first kappa shape index (κ1) is 32.9. The highest BCUT2D eigenvalue weighted by atomic mass is 35.5.